The lowest BCUT2D eigenvalue weighted by atomic mass is 10.0. The molecule has 0 fully saturated rings. The summed E-state index contributed by atoms with van der Waals surface area (Å²) in [5.41, 5.74) is 6.90. The van der Waals surface area contributed by atoms with E-state index in [1.807, 2.05) is 49.9 Å². The largest absolute Gasteiger partial charge is 0.497 e. The van der Waals surface area contributed by atoms with Gasteiger partial charge in [0.1, 0.15) is 5.75 Å². The second-order valence-electron chi connectivity index (χ2n) is 4.59. The Morgan fingerprint density at radius 2 is 2.11 bits per heavy atom. The van der Waals surface area contributed by atoms with E-state index < -0.39 is 6.04 Å². The van der Waals surface area contributed by atoms with Crippen molar-refractivity contribution in [1.82, 2.24) is 4.90 Å². The minimum Gasteiger partial charge on any atom is -0.497 e. The Bertz CT molecular complexity index is 420. The van der Waals surface area contributed by atoms with Crippen molar-refractivity contribution in [1.29, 1.82) is 0 Å². The Kier molecular flexibility index (Phi) is 5.83. The zero-order valence-corrected chi connectivity index (χ0v) is 12.2. The van der Waals surface area contributed by atoms with Gasteiger partial charge in [0.25, 0.3) is 0 Å². The number of ether oxygens (including phenoxy) is 1. The predicted molar refractivity (Wildman–Crippen MR) is 77.1 cm³/mol. The van der Waals surface area contributed by atoms with E-state index in [2.05, 4.69) is 0 Å². The van der Waals surface area contributed by atoms with Crippen LogP contribution in [0.25, 0.3) is 0 Å². The summed E-state index contributed by atoms with van der Waals surface area (Å²) in [4.78, 5) is 14.1. The first-order valence-electron chi connectivity index (χ1n) is 6.75. The Morgan fingerprint density at radius 3 is 2.63 bits per heavy atom. The number of nitrogens with zero attached hydrogens (tertiary/aromatic N) is 1. The minimum absolute atomic E-state index is 0.000296. The van der Waals surface area contributed by atoms with Crippen LogP contribution in [0.3, 0.4) is 0 Å². The summed E-state index contributed by atoms with van der Waals surface area (Å²) in [6.07, 6.45) is 0.653. The SMILES string of the molecule is CC[C@H](N)C(=O)N(CC)[C@H](C)c1cccc(OC)c1. The van der Waals surface area contributed by atoms with Crippen molar-refractivity contribution in [3.8, 4) is 5.75 Å². The molecule has 4 nitrogen and oxygen atoms in total. The van der Waals surface area contributed by atoms with Crippen LogP contribution < -0.4 is 10.5 Å². The highest BCUT2D eigenvalue weighted by molar-refractivity contribution is 5.82. The molecule has 1 aromatic carbocycles. The van der Waals surface area contributed by atoms with Crippen molar-refractivity contribution in [2.24, 2.45) is 5.73 Å². The van der Waals surface area contributed by atoms with Gasteiger partial charge < -0.3 is 15.4 Å². The van der Waals surface area contributed by atoms with Gasteiger partial charge in [-0.15, -0.1) is 0 Å². The molecule has 2 N–H and O–H groups in total. The Balaban J connectivity index is 2.94. The molecule has 4 heteroatoms. The average molecular weight is 264 g/mol. The number of amides is 1. The van der Waals surface area contributed by atoms with Gasteiger partial charge in [0.2, 0.25) is 5.91 Å². The third-order valence-corrected chi connectivity index (χ3v) is 3.42. The molecule has 0 saturated heterocycles. The molecule has 0 aliphatic rings. The number of hydrogen-bond donors (Lipinski definition) is 1. The smallest absolute Gasteiger partial charge is 0.239 e. The fourth-order valence-corrected chi connectivity index (χ4v) is 2.09. The summed E-state index contributed by atoms with van der Waals surface area (Å²) in [5, 5.41) is 0. The lowest BCUT2D eigenvalue weighted by Crippen LogP contribution is -2.44. The van der Waals surface area contributed by atoms with Crippen LogP contribution in [0, 0.1) is 0 Å². The molecule has 2 atom stereocenters. The van der Waals surface area contributed by atoms with E-state index in [0.717, 1.165) is 11.3 Å². The van der Waals surface area contributed by atoms with E-state index in [1.54, 1.807) is 7.11 Å². The van der Waals surface area contributed by atoms with E-state index in [0.29, 0.717) is 13.0 Å². The molecule has 0 heterocycles. The van der Waals surface area contributed by atoms with E-state index in [4.69, 9.17) is 10.5 Å². The van der Waals surface area contributed by atoms with Gasteiger partial charge in [0.05, 0.1) is 19.2 Å². The number of rotatable bonds is 6. The normalized spacial score (nSPS) is 13.7. The van der Waals surface area contributed by atoms with Gasteiger partial charge in [-0.2, -0.15) is 0 Å². The van der Waals surface area contributed by atoms with Gasteiger partial charge in [0, 0.05) is 6.54 Å². The predicted octanol–water partition coefficient (Wildman–Crippen LogP) is 2.34. The number of carbonyl (C=O) groups excluding carboxylic acids is 1. The fourth-order valence-electron chi connectivity index (χ4n) is 2.09. The molecule has 0 aliphatic heterocycles. The van der Waals surface area contributed by atoms with Crippen LogP contribution in [0.1, 0.15) is 38.8 Å². The van der Waals surface area contributed by atoms with Gasteiger partial charge in [-0.1, -0.05) is 19.1 Å². The summed E-state index contributed by atoms with van der Waals surface area (Å²) in [7, 11) is 1.64. The highest BCUT2D eigenvalue weighted by Crippen LogP contribution is 2.24. The molecule has 106 valence electrons. The van der Waals surface area contributed by atoms with Gasteiger partial charge in [-0.25, -0.2) is 0 Å². The topological polar surface area (TPSA) is 55.6 Å². The molecule has 0 aliphatic carbocycles. The van der Waals surface area contributed by atoms with Crippen LogP contribution >= 0.6 is 0 Å². The monoisotopic (exact) mass is 264 g/mol. The maximum atomic E-state index is 12.2. The quantitative estimate of drug-likeness (QED) is 0.858. The third-order valence-electron chi connectivity index (χ3n) is 3.42. The zero-order valence-electron chi connectivity index (χ0n) is 12.2. The molecule has 1 aromatic rings. The standard InChI is InChI=1S/C15H24N2O2/c1-5-14(16)15(18)17(6-2)11(3)12-8-7-9-13(10-12)19-4/h7-11,14H,5-6,16H2,1-4H3/t11-,14+/m1/s1. The molecule has 0 radical (unpaired) electrons. The molecular formula is C15H24N2O2. The minimum atomic E-state index is -0.423. The van der Waals surface area contributed by atoms with Gasteiger partial charge in [-0.3, -0.25) is 4.79 Å². The summed E-state index contributed by atoms with van der Waals surface area (Å²) in [6.45, 7) is 6.55. The van der Waals surface area contributed by atoms with Crippen molar-refractivity contribution < 1.29 is 9.53 Å². The van der Waals surface area contributed by atoms with Crippen LogP contribution in [0.5, 0.6) is 5.75 Å². The number of methoxy groups -OCH3 is 1. The number of nitrogens with two attached hydrogens (primary N) is 1. The number of likely N-dealkylation sites (N-methyl/N-ethyl adjacent to an activating group) is 1. The molecule has 0 bridgehead atoms. The fraction of sp³-hybridized carbons (Fsp3) is 0.533. The van der Waals surface area contributed by atoms with Crippen LogP contribution in [0.4, 0.5) is 0 Å². The van der Waals surface area contributed by atoms with Crippen molar-refractivity contribution in [3.05, 3.63) is 29.8 Å². The number of benzene rings is 1. The van der Waals surface area contributed by atoms with Crippen molar-refractivity contribution in [3.63, 3.8) is 0 Å². The average Bonchev–Trinajstić information content (AvgIpc) is 2.46. The summed E-state index contributed by atoms with van der Waals surface area (Å²) in [5.74, 6) is 0.799. The third kappa shape index (κ3) is 3.70. The maximum Gasteiger partial charge on any atom is 0.239 e. The van der Waals surface area contributed by atoms with E-state index >= 15 is 0 Å². The molecular weight excluding hydrogens is 240 g/mol. The summed E-state index contributed by atoms with van der Waals surface area (Å²) < 4.78 is 5.22. The van der Waals surface area contributed by atoms with Crippen LogP contribution in [0.15, 0.2) is 24.3 Å². The summed E-state index contributed by atoms with van der Waals surface area (Å²) >= 11 is 0. The second-order valence-corrected chi connectivity index (χ2v) is 4.59. The second kappa shape index (κ2) is 7.14. The molecule has 0 unspecified atom stereocenters. The molecule has 0 saturated carbocycles. The van der Waals surface area contributed by atoms with Crippen LogP contribution in [-0.4, -0.2) is 30.5 Å². The van der Waals surface area contributed by atoms with Crippen molar-refractivity contribution >= 4 is 5.91 Å². The van der Waals surface area contributed by atoms with E-state index in [-0.39, 0.29) is 11.9 Å². The first-order valence-corrected chi connectivity index (χ1v) is 6.75. The van der Waals surface area contributed by atoms with Gasteiger partial charge in [0.15, 0.2) is 0 Å². The van der Waals surface area contributed by atoms with Gasteiger partial charge >= 0.3 is 0 Å². The molecule has 19 heavy (non-hydrogen) atoms. The molecule has 0 aromatic heterocycles. The first-order chi connectivity index (χ1) is 9.04. The van der Waals surface area contributed by atoms with Crippen LogP contribution in [0.2, 0.25) is 0 Å². The van der Waals surface area contributed by atoms with Crippen molar-refractivity contribution in [2.45, 2.75) is 39.3 Å². The first kappa shape index (κ1) is 15.5. The van der Waals surface area contributed by atoms with Gasteiger partial charge in [-0.05, 0) is 38.0 Å². The summed E-state index contributed by atoms with van der Waals surface area (Å²) in [6, 6.07) is 7.35. The van der Waals surface area contributed by atoms with Crippen LogP contribution in [-0.2, 0) is 4.79 Å². The molecule has 1 rings (SSSR count). The lowest BCUT2D eigenvalue weighted by molar-refractivity contribution is -0.134. The zero-order chi connectivity index (χ0) is 14.4. The number of carbonyl (C=O) groups is 1. The lowest BCUT2D eigenvalue weighted by Gasteiger charge is -2.30. The van der Waals surface area contributed by atoms with E-state index in [1.165, 1.54) is 0 Å². The Morgan fingerprint density at radius 1 is 1.42 bits per heavy atom. The Hall–Kier alpha value is -1.55. The maximum absolute atomic E-state index is 12.2. The van der Waals surface area contributed by atoms with Crippen molar-refractivity contribution in [2.75, 3.05) is 13.7 Å². The molecule has 0 spiro atoms. The highest BCUT2D eigenvalue weighted by atomic mass is 16.5. The van der Waals surface area contributed by atoms with E-state index in [9.17, 15) is 4.79 Å². The molecule has 1 amide bonds. The number of hydrogen-bond acceptors (Lipinski definition) is 3. The highest BCUT2D eigenvalue weighted by Gasteiger charge is 2.24. The Labute approximate surface area is 115 Å².